The summed E-state index contributed by atoms with van der Waals surface area (Å²) in [5, 5.41) is 6.73. The van der Waals surface area contributed by atoms with Crippen molar-refractivity contribution in [2.24, 2.45) is 0 Å². The van der Waals surface area contributed by atoms with Crippen LogP contribution in [-0.4, -0.2) is 30.4 Å². The Morgan fingerprint density at radius 1 is 1.05 bits per heavy atom. The Balaban J connectivity index is 1.79. The number of anilines is 1. The van der Waals surface area contributed by atoms with Gasteiger partial charge in [-0.05, 0) is 78.9 Å². The predicted octanol–water partition coefficient (Wildman–Crippen LogP) is 6.29. The fourth-order valence-corrected chi connectivity index (χ4v) is 6.84. The first-order chi connectivity index (χ1) is 20.5. The topological polar surface area (TPSA) is 106 Å². The average Bonchev–Trinajstić information content (AvgIpc) is 3.25. The van der Waals surface area contributed by atoms with Gasteiger partial charge in [0.15, 0.2) is 5.60 Å². The maximum atomic E-state index is 14.7. The highest BCUT2D eigenvalue weighted by Crippen LogP contribution is 2.59. The van der Waals surface area contributed by atoms with Gasteiger partial charge in [-0.15, -0.1) is 0 Å². The lowest BCUT2D eigenvalue weighted by atomic mass is 9.59. The zero-order chi connectivity index (χ0) is 31.1. The van der Waals surface area contributed by atoms with Crippen molar-refractivity contribution in [1.82, 2.24) is 10.8 Å². The smallest absolute Gasteiger partial charge is 0.287 e. The van der Waals surface area contributed by atoms with E-state index in [0.717, 1.165) is 0 Å². The van der Waals surface area contributed by atoms with Gasteiger partial charge in [-0.2, -0.15) is 0 Å². The molecule has 2 aliphatic heterocycles. The van der Waals surface area contributed by atoms with Gasteiger partial charge in [0, 0.05) is 33.6 Å². The van der Waals surface area contributed by atoms with Crippen molar-refractivity contribution in [3.05, 3.63) is 92.7 Å². The van der Waals surface area contributed by atoms with Crippen LogP contribution in [0.1, 0.15) is 67.3 Å². The van der Waals surface area contributed by atoms with Crippen LogP contribution in [0, 0.1) is 12.7 Å². The summed E-state index contributed by atoms with van der Waals surface area (Å²) in [5.74, 6) is -2.30. The molecule has 226 valence electrons. The number of fused-ring (bicyclic) bond motifs is 2. The molecule has 0 saturated carbocycles. The highest BCUT2D eigenvalue weighted by atomic mass is 35.5. The SMILES string of the molecule is CCC(CC)(Oc1ccc(Cl)cc1[C@H]1CC(=O)N[C@@H](c2cc(F)ccc2C)[C@]12C(=O)Nc1cc(Cl)ccc12)C(=O)NOC. The molecule has 8 nitrogen and oxygen atoms in total. The maximum Gasteiger partial charge on any atom is 0.287 e. The number of halogens is 3. The molecule has 1 spiro atoms. The molecule has 3 atom stereocenters. The van der Waals surface area contributed by atoms with E-state index in [1.807, 2.05) is 13.8 Å². The van der Waals surface area contributed by atoms with Crippen LogP contribution in [0.4, 0.5) is 10.1 Å². The van der Waals surface area contributed by atoms with E-state index in [9.17, 15) is 18.8 Å². The third-order valence-electron chi connectivity index (χ3n) is 8.71. The summed E-state index contributed by atoms with van der Waals surface area (Å²) in [7, 11) is 1.34. The van der Waals surface area contributed by atoms with E-state index in [1.165, 1.54) is 19.2 Å². The van der Waals surface area contributed by atoms with E-state index in [1.54, 1.807) is 49.4 Å². The average molecular weight is 629 g/mol. The molecule has 1 fully saturated rings. The summed E-state index contributed by atoms with van der Waals surface area (Å²) in [6.07, 6.45) is 0.473. The van der Waals surface area contributed by atoms with Gasteiger partial charge in [-0.25, -0.2) is 9.87 Å². The molecule has 0 unspecified atom stereocenters. The van der Waals surface area contributed by atoms with Gasteiger partial charge in [0.05, 0.1) is 13.2 Å². The van der Waals surface area contributed by atoms with E-state index in [-0.39, 0.29) is 18.1 Å². The predicted molar refractivity (Wildman–Crippen MR) is 162 cm³/mol. The molecule has 3 aromatic rings. The third-order valence-corrected chi connectivity index (χ3v) is 9.18. The van der Waals surface area contributed by atoms with Crippen LogP contribution in [0.15, 0.2) is 54.6 Å². The first kappa shape index (κ1) is 30.8. The Kier molecular flexibility index (Phi) is 8.44. The van der Waals surface area contributed by atoms with Crippen LogP contribution in [0.5, 0.6) is 5.75 Å². The normalized spacial score (nSPS) is 21.3. The Labute approximate surface area is 259 Å². The maximum absolute atomic E-state index is 14.7. The molecule has 5 rings (SSSR count). The number of carbonyl (C=O) groups is 3. The molecule has 0 aromatic heterocycles. The lowest BCUT2D eigenvalue weighted by molar-refractivity contribution is -0.149. The lowest BCUT2D eigenvalue weighted by Gasteiger charge is -2.47. The number of aryl methyl sites for hydroxylation is 1. The molecule has 0 bridgehead atoms. The van der Waals surface area contributed by atoms with Gasteiger partial charge in [0.25, 0.3) is 5.91 Å². The van der Waals surface area contributed by atoms with Crippen molar-refractivity contribution in [3.63, 3.8) is 0 Å². The van der Waals surface area contributed by atoms with E-state index < -0.39 is 40.6 Å². The number of hydroxylamine groups is 1. The zero-order valence-corrected chi connectivity index (χ0v) is 25.7. The summed E-state index contributed by atoms with van der Waals surface area (Å²) in [6, 6.07) is 13.3. The monoisotopic (exact) mass is 627 g/mol. The number of hydrogen-bond donors (Lipinski definition) is 3. The second-order valence-electron chi connectivity index (χ2n) is 10.9. The summed E-state index contributed by atoms with van der Waals surface area (Å²) < 4.78 is 21.3. The van der Waals surface area contributed by atoms with Crippen molar-refractivity contribution in [2.45, 2.75) is 63.0 Å². The second kappa shape index (κ2) is 11.8. The minimum Gasteiger partial charge on any atom is -0.477 e. The molecule has 11 heteroatoms. The summed E-state index contributed by atoms with van der Waals surface area (Å²) in [6.45, 7) is 5.43. The largest absolute Gasteiger partial charge is 0.477 e. The number of rotatable bonds is 8. The standard InChI is InChI=1S/C32H32Cl2FN3O5/c1-5-31(6-2,29(40)38-42-4)43-26-12-9-18(33)13-22(26)24-16-27(39)37-28(21-15-20(35)10-7-17(21)3)32(24)23-11-8-19(34)14-25(23)36-30(32)41/h7-15,24,28H,5-6,16H2,1-4H3,(H,36,41)(H,37,39)(H,38,40)/t24-,28+,32-/m1/s1. The number of amides is 3. The van der Waals surface area contributed by atoms with Crippen LogP contribution in [-0.2, 0) is 24.6 Å². The van der Waals surface area contributed by atoms with Gasteiger partial charge in [0.2, 0.25) is 11.8 Å². The first-order valence-electron chi connectivity index (χ1n) is 14.0. The second-order valence-corrected chi connectivity index (χ2v) is 11.8. The lowest BCUT2D eigenvalue weighted by Crippen LogP contribution is -2.57. The summed E-state index contributed by atoms with van der Waals surface area (Å²) >= 11 is 12.9. The van der Waals surface area contributed by atoms with Crippen LogP contribution < -0.4 is 20.9 Å². The van der Waals surface area contributed by atoms with Crippen LogP contribution in [0.3, 0.4) is 0 Å². The third kappa shape index (κ3) is 5.13. The van der Waals surface area contributed by atoms with Crippen molar-refractivity contribution in [2.75, 3.05) is 12.4 Å². The zero-order valence-electron chi connectivity index (χ0n) is 24.1. The molecule has 43 heavy (non-hydrogen) atoms. The molecule has 3 amide bonds. The molecule has 2 heterocycles. The van der Waals surface area contributed by atoms with E-state index in [4.69, 9.17) is 32.8 Å². The van der Waals surface area contributed by atoms with Crippen molar-refractivity contribution >= 4 is 46.6 Å². The molecule has 1 saturated heterocycles. The highest BCUT2D eigenvalue weighted by molar-refractivity contribution is 6.31. The minimum atomic E-state index is -1.47. The summed E-state index contributed by atoms with van der Waals surface area (Å²) in [5.41, 5.74) is 2.25. The molecular weight excluding hydrogens is 596 g/mol. The number of hydrogen-bond acceptors (Lipinski definition) is 5. The van der Waals surface area contributed by atoms with E-state index >= 15 is 0 Å². The highest BCUT2D eigenvalue weighted by Gasteiger charge is 2.62. The van der Waals surface area contributed by atoms with Gasteiger partial charge >= 0.3 is 0 Å². The van der Waals surface area contributed by atoms with Crippen molar-refractivity contribution < 1.29 is 28.3 Å². The molecule has 3 N–H and O–H groups in total. The minimum absolute atomic E-state index is 0.118. The molecule has 0 aliphatic carbocycles. The number of benzene rings is 3. The molecular formula is C32H32Cl2FN3O5. The van der Waals surface area contributed by atoms with Crippen LogP contribution in [0.2, 0.25) is 10.0 Å². The fourth-order valence-electron chi connectivity index (χ4n) is 6.49. The number of carbonyl (C=O) groups excluding carboxylic acids is 3. The first-order valence-corrected chi connectivity index (χ1v) is 14.7. The fraction of sp³-hybridized carbons (Fsp3) is 0.344. The van der Waals surface area contributed by atoms with Crippen molar-refractivity contribution in [1.29, 1.82) is 0 Å². The number of nitrogens with one attached hydrogen (secondary N) is 3. The van der Waals surface area contributed by atoms with E-state index in [2.05, 4.69) is 16.1 Å². The van der Waals surface area contributed by atoms with Crippen LogP contribution >= 0.6 is 23.2 Å². The van der Waals surface area contributed by atoms with Gasteiger partial charge in [-0.1, -0.05) is 49.2 Å². The van der Waals surface area contributed by atoms with E-state index in [0.29, 0.717) is 50.8 Å². The van der Waals surface area contributed by atoms with Crippen molar-refractivity contribution in [3.8, 4) is 5.75 Å². The summed E-state index contributed by atoms with van der Waals surface area (Å²) in [4.78, 5) is 46.0. The van der Waals surface area contributed by atoms with Gasteiger partial charge < -0.3 is 15.4 Å². The van der Waals surface area contributed by atoms with Crippen LogP contribution in [0.25, 0.3) is 0 Å². The quantitative estimate of drug-likeness (QED) is 0.255. The Hall–Kier alpha value is -3.66. The Bertz CT molecular complexity index is 1610. The molecule has 2 aliphatic rings. The number of ether oxygens (including phenoxy) is 1. The Morgan fingerprint density at radius 2 is 1.74 bits per heavy atom. The molecule has 0 radical (unpaired) electrons. The van der Waals surface area contributed by atoms with Gasteiger partial charge in [-0.3, -0.25) is 19.2 Å². The Morgan fingerprint density at radius 3 is 2.44 bits per heavy atom. The number of piperidine rings is 1. The van der Waals surface area contributed by atoms with Gasteiger partial charge in [0.1, 0.15) is 17.0 Å². The molecule has 3 aromatic carbocycles.